The van der Waals surface area contributed by atoms with Crippen molar-refractivity contribution in [1.29, 1.82) is 0 Å². The van der Waals surface area contributed by atoms with Gasteiger partial charge in [-0.05, 0) is 36.0 Å². The maximum absolute atomic E-state index is 11.1. The molecule has 1 unspecified atom stereocenters. The zero-order valence-corrected chi connectivity index (χ0v) is 14.7. The highest BCUT2D eigenvalue weighted by Crippen LogP contribution is 2.38. The van der Waals surface area contributed by atoms with Crippen LogP contribution in [0.5, 0.6) is 11.5 Å². The first-order chi connectivity index (χ1) is 10.8. The van der Waals surface area contributed by atoms with Gasteiger partial charge in [0, 0.05) is 31.6 Å². The van der Waals surface area contributed by atoms with Crippen LogP contribution in [0.3, 0.4) is 0 Å². The fourth-order valence-corrected chi connectivity index (χ4v) is 3.49. The second kappa shape index (κ2) is 6.79. The summed E-state index contributed by atoms with van der Waals surface area (Å²) in [6.07, 6.45) is 0.226. The number of likely N-dealkylation sites (tertiary alicyclic amines) is 1. The molecule has 1 heterocycles. The van der Waals surface area contributed by atoms with Crippen LogP contribution in [0.1, 0.15) is 31.4 Å². The van der Waals surface area contributed by atoms with Gasteiger partial charge in [0.1, 0.15) is 11.5 Å². The largest absolute Gasteiger partial charge is 0.496 e. The minimum Gasteiger partial charge on any atom is -0.496 e. The molecule has 5 nitrogen and oxygen atoms in total. The molecule has 0 aliphatic carbocycles. The number of hydrogen-bond acceptors (Lipinski definition) is 4. The van der Waals surface area contributed by atoms with Crippen LogP contribution in [0, 0.1) is 18.3 Å². The quantitative estimate of drug-likeness (QED) is 0.873. The van der Waals surface area contributed by atoms with Crippen molar-refractivity contribution in [1.82, 2.24) is 4.90 Å². The van der Waals surface area contributed by atoms with Crippen LogP contribution in [0.4, 0.5) is 0 Å². The molecule has 23 heavy (non-hydrogen) atoms. The van der Waals surface area contributed by atoms with Crippen LogP contribution in [-0.2, 0) is 11.3 Å². The second-order valence-electron chi connectivity index (χ2n) is 7.08. The zero-order chi connectivity index (χ0) is 17.2. The molecule has 1 N–H and O–H groups in total. The molecule has 128 valence electrons. The summed E-state index contributed by atoms with van der Waals surface area (Å²) in [5, 5.41) is 9.10. The van der Waals surface area contributed by atoms with Crippen molar-refractivity contribution >= 4 is 5.97 Å². The van der Waals surface area contributed by atoms with Gasteiger partial charge in [0.15, 0.2) is 0 Å². The molecule has 1 aromatic rings. The summed E-state index contributed by atoms with van der Waals surface area (Å²) in [6, 6.07) is 4.07. The second-order valence-corrected chi connectivity index (χ2v) is 7.08. The van der Waals surface area contributed by atoms with E-state index in [0.29, 0.717) is 0 Å². The molecule has 0 aromatic heterocycles. The Morgan fingerprint density at radius 1 is 1.30 bits per heavy atom. The van der Waals surface area contributed by atoms with E-state index in [1.54, 1.807) is 14.2 Å². The molecular formula is C18H27NO4. The molecule has 5 heteroatoms. The average molecular weight is 321 g/mol. The van der Waals surface area contributed by atoms with Gasteiger partial charge in [0.2, 0.25) is 0 Å². The van der Waals surface area contributed by atoms with E-state index in [0.717, 1.165) is 42.3 Å². The van der Waals surface area contributed by atoms with E-state index in [2.05, 4.69) is 18.7 Å². The van der Waals surface area contributed by atoms with Crippen molar-refractivity contribution in [2.45, 2.75) is 33.7 Å². The van der Waals surface area contributed by atoms with E-state index in [4.69, 9.17) is 14.6 Å². The number of methoxy groups -OCH3 is 2. The lowest BCUT2D eigenvalue weighted by atomic mass is 9.80. The number of ether oxygens (including phenoxy) is 2. The number of nitrogens with zero attached hydrogens (tertiary/aromatic N) is 1. The highest BCUT2D eigenvalue weighted by atomic mass is 16.5. The number of carboxylic acids is 1. The summed E-state index contributed by atoms with van der Waals surface area (Å²) >= 11 is 0. The van der Waals surface area contributed by atoms with Crippen molar-refractivity contribution in [2.24, 2.45) is 11.3 Å². The first-order valence-corrected chi connectivity index (χ1v) is 7.92. The molecule has 1 saturated heterocycles. The molecule has 1 aromatic carbocycles. The van der Waals surface area contributed by atoms with E-state index in [1.807, 2.05) is 19.1 Å². The standard InChI is InChI=1S/C18H27NO4/c1-12-15(22-4)6-13(7-16(12)23-5)9-19-10-14(8-17(20)21)18(2,3)11-19/h6-7,14H,8-11H2,1-5H3,(H,20,21). The summed E-state index contributed by atoms with van der Waals surface area (Å²) in [7, 11) is 3.32. The normalized spacial score (nSPS) is 20.5. The first kappa shape index (κ1) is 17.6. The molecule has 1 aliphatic heterocycles. The number of carboxylic acid groups (broad SMARTS) is 1. The SMILES string of the molecule is COc1cc(CN2CC(CC(=O)O)C(C)(C)C2)cc(OC)c1C. The molecule has 0 spiro atoms. The monoisotopic (exact) mass is 321 g/mol. The molecule has 0 radical (unpaired) electrons. The van der Waals surface area contributed by atoms with Gasteiger partial charge < -0.3 is 14.6 Å². The molecule has 1 aliphatic rings. The minimum absolute atomic E-state index is 0.0112. The lowest BCUT2D eigenvalue weighted by molar-refractivity contribution is -0.138. The number of aliphatic carboxylic acids is 1. The maximum Gasteiger partial charge on any atom is 0.303 e. The van der Waals surface area contributed by atoms with Crippen molar-refractivity contribution in [3.8, 4) is 11.5 Å². The maximum atomic E-state index is 11.1. The first-order valence-electron chi connectivity index (χ1n) is 7.92. The topological polar surface area (TPSA) is 59.0 Å². The Labute approximate surface area is 138 Å². The van der Waals surface area contributed by atoms with Crippen LogP contribution < -0.4 is 9.47 Å². The zero-order valence-electron chi connectivity index (χ0n) is 14.7. The highest BCUT2D eigenvalue weighted by Gasteiger charge is 2.40. The van der Waals surface area contributed by atoms with E-state index in [1.165, 1.54) is 0 Å². The van der Waals surface area contributed by atoms with E-state index in [9.17, 15) is 4.79 Å². The van der Waals surface area contributed by atoms with Gasteiger partial charge in [-0.15, -0.1) is 0 Å². The molecule has 2 rings (SSSR count). The van der Waals surface area contributed by atoms with Gasteiger partial charge in [-0.2, -0.15) is 0 Å². The van der Waals surface area contributed by atoms with Crippen molar-refractivity contribution in [2.75, 3.05) is 27.3 Å². The number of rotatable bonds is 6. The van der Waals surface area contributed by atoms with Gasteiger partial charge in [-0.3, -0.25) is 9.69 Å². The van der Waals surface area contributed by atoms with E-state index < -0.39 is 5.97 Å². The van der Waals surface area contributed by atoms with Crippen molar-refractivity contribution < 1.29 is 19.4 Å². The number of benzene rings is 1. The van der Waals surface area contributed by atoms with Crippen LogP contribution >= 0.6 is 0 Å². The smallest absolute Gasteiger partial charge is 0.303 e. The van der Waals surface area contributed by atoms with Gasteiger partial charge in [-0.25, -0.2) is 0 Å². The Balaban J connectivity index is 2.15. The van der Waals surface area contributed by atoms with Crippen molar-refractivity contribution in [3.05, 3.63) is 23.3 Å². The predicted molar refractivity (Wildman–Crippen MR) is 89.1 cm³/mol. The van der Waals surface area contributed by atoms with Crippen LogP contribution in [-0.4, -0.2) is 43.3 Å². The van der Waals surface area contributed by atoms with Crippen LogP contribution in [0.15, 0.2) is 12.1 Å². The van der Waals surface area contributed by atoms with Crippen LogP contribution in [0.25, 0.3) is 0 Å². The average Bonchev–Trinajstić information content (AvgIpc) is 2.73. The van der Waals surface area contributed by atoms with Crippen LogP contribution in [0.2, 0.25) is 0 Å². The third kappa shape index (κ3) is 3.96. The highest BCUT2D eigenvalue weighted by molar-refractivity contribution is 5.67. The summed E-state index contributed by atoms with van der Waals surface area (Å²) in [4.78, 5) is 13.4. The summed E-state index contributed by atoms with van der Waals surface area (Å²) in [5.41, 5.74) is 2.12. The summed E-state index contributed by atoms with van der Waals surface area (Å²) in [6.45, 7) is 8.74. The molecule has 1 fully saturated rings. The molecule has 1 atom stereocenters. The van der Waals surface area contributed by atoms with Gasteiger partial charge >= 0.3 is 5.97 Å². The molecular weight excluding hydrogens is 294 g/mol. The molecule has 0 bridgehead atoms. The van der Waals surface area contributed by atoms with Gasteiger partial charge in [0.05, 0.1) is 14.2 Å². The lowest BCUT2D eigenvalue weighted by Gasteiger charge is -2.24. The van der Waals surface area contributed by atoms with Crippen molar-refractivity contribution in [3.63, 3.8) is 0 Å². The Kier molecular flexibility index (Phi) is 5.19. The number of carbonyl (C=O) groups is 1. The third-order valence-corrected chi connectivity index (χ3v) is 4.85. The summed E-state index contributed by atoms with van der Waals surface area (Å²) < 4.78 is 10.9. The van der Waals surface area contributed by atoms with Gasteiger partial charge in [-0.1, -0.05) is 13.8 Å². The predicted octanol–water partition coefficient (Wildman–Crippen LogP) is 2.94. The van der Waals surface area contributed by atoms with E-state index in [-0.39, 0.29) is 17.8 Å². The molecule has 0 amide bonds. The fourth-order valence-electron chi connectivity index (χ4n) is 3.49. The Bertz CT molecular complexity index is 557. The number of hydrogen-bond donors (Lipinski definition) is 1. The molecule has 0 saturated carbocycles. The third-order valence-electron chi connectivity index (χ3n) is 4.85. The Hall–Kier alpha value is -1.75. The fraction of sp³-hybridized carbons (Fsp3) is 0.611. The Morgan fingerprint density at radius 3 is 2.35 bits per heavy atom. The van der Waals surface area contributed by atoms with Gasteiger partial charge in [0.25, 0.3) is 0 Å². The lowest BCUT2D eigenvalue weighted by Crippen LogP contribution is -2.24. The minimum atomic E-state index is -0.719. The summed E-state index contributed by atoms with van der Waals surface area (Å²) in [5.74, 6) is 1.10. The Morgan fingerprint density at radius 2 is 1.87 bits per heavy atom. The van der Waals surface area contributed by atoms with E-state index >= 15 is 0 Å².